The van der Waals surface area contributed by atoms with Gasteiger partial charge in [0, 0.05) is 18.4 Å². The smallest absolute Gasteiger partial charge is 0.0621 e. The highest BCUT2D eigenvalue weighted by atomic mass is 35.5. The van der Waals surface area contributed by atoms with Crippen LogP contribution in [0.1, 0.15) is 12.5 Å². The van der Waals surface area contributed by atoms with Gasteiger partial charge in [0.15, 0.2) is 0 Å². The number of aromatic nitrogens is 1. The number of halogens is 1. The van der Waals surface area contributed by atoms with Crippen LogP contribution in [0.25, 0.3) is 0 Å². The maximum atomic E-state index is 5.85. The molecule has 3 heteroatoms. The number of hydrogen-bond acceptors (Lipinski definition) is 2. The average molecular weight is 171 g/mol. The summed E-state index contributed by atoms with van der Waals surface area (Å²) in [6, 6.07) is 2.04. The standard InChI is InChI=1S/C8H11ClN2/c1-6(10)4-7-2-3-11-5-8(7)9/h2-3,5-6H,4,10H2,1H3. The maximum absolute atomic E-state index is 5.85. The SMILES string of the molecule is CC(N)Cc1ccncc1Cl. The van der Waals surface area contributed by atoms with E-state index in [9.17, 15) is 0 Å². The molecular weight excluding hydrogens is 160 g/mol. The first-order valence-corrected chi connectivity index (χ1v) is 3.92. The Hall–Kier alpha value is -0.600. The second-order valence-electron chi connectivity index (χ2n) is 2.65. The zero-order valence-corrected chi connectivity index (χ0v) is 7.17. The lowest BCUT2D eigenvalue weighted by Gasteiger charge is -2.05. The molecule has 1 rings (SSSR count). The summed E-state index contributed by atoms with van der Waals surface area (Å²) >= 11 is 5.85. The fourth-order valence-corrected chi connectivity index (χ4v) is 1.11. The molecule has 0 aliphatic carbocycles. The molecule has 1 aromatic rings. The second kappa shape index (κ2) is 3.69. The minimum absolute atomic E-state index is 0.148. The lowest BCUT2D eigenvalue weighted by Crippen LogP contribution is -2.17. The van der Waals surface area contributed by atoms with E-state index in [1.54, 1.807) is 12.4 Å². The van der Waals surface area contributed by atoms with Crippen LogP contribution in [0.3, 0.4) is 0 Å². The lowest BCUT2D eigenvalue weighted by atomic mass is 10.1. The summed E-state index contributed by atoms with van der Waals surface area (Å²) in [6.45, 7) is 1.96. The monoisotopic (exact) mass is 170 g/mol. The Morgan fingerprint density at radius 2 is 2.45 bits per heavy atom. The first-order chi connectivity index (χ1) is 5.20. The summed E-state index contributed by atoms with van der Waals surface area (Å²) < 4.78 is 0. The van der Waals surface area contributed by atoms with E-state index in [1.807, 2.05) is 13.0 Å². The van der Waals surface area contributed by atoms with Crippen molar-refractivity contribution in [3.8, 4) is 0 Å². The van der Waals surface area contributed by atoms with Gasteiger partial charge < -0.3 is 5.73 Å². The van der Waals surface area contributed by atoms with Gasteiger partial charge in [0.25, 0.3) is 0 Å². The van der Waals surface area contributed by atoms with Crippen molar-refractivity contribution in [2.75, 3.05) is 0 Å². The van der Waals surface area contributed by atoms with Crippen molar-refractivity contribution < 1.29 is 0 Å². The number of nitrogens with two attached hydrogens (primary N) is 1. The third-order valence-electron chi connectivity index (χ3n) is 1.40. The maximum Gasteiger partial charge on any atom is 0.0621 e. The van der Waals surface area contributed by atoms with Gasteiger partial charge in [0.05, 0.1) is 5.02 Å². The minimum Gasteiger partial charge on any atom is -0.328 e. The van der Waals surface area contributed by atoms with E-state index in [-0.39, 0.29) is 6.04 Å². The zero-order valence-electron chi connectivity index (χ0n) is 6.42. The van der Waals surface area contributed by atoms with Crippen LogP contribution in [0.2, 0.25) is 5.02 Å². The lowest BCUT2D eigenvalue weighted by molar-refractivity contribution is 0.737. The number of nitrogens with zero attached hydrogens (tertiary/aromatic N) is 1. The zero-order chi connectivity index (χ0) is 8.27. The Balaban J connectivity index is 2.78. The second-order valence-corrected chi connectivity index (χ2v) is 3.06. The Morgan fingerprint density at radius 3 is 3.00 bits per heavy atom. The van der Waals surface area contributed by atoms with Gasteiger partial charge in [0.1, 0.15) is 0 Å². The molecule has 11 heavy (non-hydrogen) atoms. The van der Waals surface area contributed by atoms with Gasteiger partial charge >= 0.3 is 0 Å². The quantitative estimate of drug-likeness (QED) is 0.733. The van der Waals surface area contributed by atoms with Gasteiger partial charge in [-0.05, 0) is 25.0 Å². The molecule has 0 aromatic carbocycles. The number of pyridine rings is 1. The molecule has 2 N–H and O–H groups in total. The van der Waals surface area contributed by atoms with Crippen molar-refractivity contribution in [1.29, 1.82) is 0 Å². The van der Waals surface area contributed by atoms with Gasteiger partial charge in [-0.3, -0.25) is 4.98 Å². The molecule has 1 aromatic heterocycles. The van der Waals surface area contributed by atoms with Crippen molar-refractivity contribution in [3.63, 3.8) is 0 Å². The summed E-state index contributed by atoms with van der Waals surface area (Å²) in [5.74, 6) is 0. The summed E-state index contributed by atoms with van der Waals surface area (Å²) in [6.07, 6.45) is 4.17. The highest BCUT2D eigenvalue weighted by Crippen LogP contribution is 2.14. The van der Waals surface area contributed by atoms with E-state index >= 15 is 0 Å². The molecule has 0 amide bonds. The molecule has 1 atom stereocenters. The summed E-state index contributed by atoms with van der Waals surface area (Å²) in [4.78, 5) is 3.88. The largest absolute Gasteiger partial charge is 0.328 e. The minimum atomic E-state index is 0.148. The first kappa shape index (κ1) is 8.50. The molecule has 0 bridgehead atoms. The van der Waals surface area contributed by atoms with Crippen LogP contribution in [0.5, 0.6) is 0 Å². The molecule has 1 heterocycles. The van der Waals surface area contributed by atoms with Crippen LogP contribution in [0.4, 0.5) is 0 Å². The van der Waals surface area contributed by atoms with Crippen LogP contribution in [0.15, 0.2) is 18.5 Å². The Morgan fingerprint density at radius 1 is 1.73 bits per heavy atom. The fraction of sp³-hybridized carbons (Fsp3) is 0.375. The molecular formula is C8H11ClN2. The highest BCUT2D eigenvalue weighted by molar-refractivity contribution is 6.31. The topological polar surface area (TPSA) is 38.9 Å². The fourth-order valence-electron chi connectivity index (χ4n) is 0.916. The summed E-state index contributed by atoms with van der Waals surface area (Å²) in [7, 11) is 0. The van der Waals surface area contributed by atoms with Gasteiger partial charge in [-0.2, -0.15) is 0 Å². The molecule has 0 saturated heterocycles. The van der Waals surface area contributed by atoms with Crippen LogP contribution >= 0.6 is 11.6 Å². The Kier molecular flexibility index (Phi) is 2.85. The predicted molar refractivity (Wildman–Crippen MR) is 46.6 cm³/mol. The summed E-state index contributed by atoms with van der Waals surface area (Å²) in [5.41, 5.74) is 6.68. The number of hydrogen-bond donors (Lipinski definition) is 1. The average Bonchev–Trinajstić information content (AvgIpc) is 1.93. The van der Waals surface area contributed by atoms with Gasteiger partial charge in [-0.1, -0.05) is 11.6 Å². The van der Waals surface area contributed by atoms with Crippen LogP contribution in [-0.4, -0.2) is 11.0 Å². The van der Waals surface area contributed by atoms with Crippen LogP contribution < -0.4 is 5.73 Å². The van der Waals surface area contributed by atoms with E-state index in [0.29, 0.717) is 5.02 Å². The third kappa shape index (κ3) is 2.48. The molecule has 0 radical (unpaired) electrons. The van der Waals surface area contributed by atoms with Gasteiger partial charge in [0.2, 0.25) is 0 Å². The van der Waals surface area contributed by atoms with E-state index in [0.717, 1.165) is 12.0 Å². The Labute approximate surface area is 71.4 Å². The molecule has 1 unspecified atom stereocenters. The van der Waals surface area contributed by atoms with Crippen molar-refractivity contribution in [2.24, 2.45) is 5.73 Å². The first-order valence-electron chi connectivity index (χ1n) is 3.54. The van der Waals surface area contributed by atoms with E-state index in [2.05, 4.69) is 4.98 Å². The normalized spacial score (nSPS) is 13.0. The molecule has 0 aliphatic heterocycles. The molecule has 60 valence electrons. The van der Waals surface area contributed by atoms with Crippen LogP contribution in [-0.2, 0) is 6.42 Å². The van der Waals surface area contributed by atoms with Gasteiger partial charge in [-0.15, -0.1) is 0 Å². The molecule has 2 nitrogen and oxygen atoms in total. The molecule has 0 saturated carbocycles. The van der Waals surface area contributed by atoms with E-state index < -0.39 is 0 Å². The highest BCUT2D eigenvalue weighted by Gasteiger charge is 2.01. The van der Waals surface area contributed by atoms with Gasteiger partial charge in [-0.25, -0.2) is 0 Å². The van der Waals surface area contributed by atoms with Crippen molar-refractivity contribution in [1.82, 2.24) is 4.98 Å². The predicted octanol–water partition coefficient (Wildman–Crippen LogP) is 1.62. The molecule has 0 fully saturated rings. The van der Waals surface area contributed by atoms with Crippen LogP contribution in [0, 0.1) is 0 Å². The molecule has 0 spiro atoms. The Bertz CT molecular complexity index is 235. The molecule has 0 aliphatic rings. The summed E-state index contributed by atoms with van der Waals surface area (Å²) in [5, 5.41) is 0.699. The third-order valence-corrected chi connectivity index (χ3v) is 1.74. The number of rotatable bonds is 2. The van der Waals surface area contributed by atoms with E-state index in [1.165, 1.54) is 0 Å². The van der Waals surface area contributed by atoms with E-state index in [4.69, 9.17) is 17.3 Å². The van der Waals surface area contributed by atoms with Crippen molar-refractivity contribution >= 4 is 11.6 Å². The van der Waals surface area contributed by atoms with Crippen molar-refractivity contribution in [3.05, 3.63) is 29.0 Å². The van der Waals surface area contributed by atoms with Crippen molar-refractivity contribution in [2.45, 2.75) is 19.4 Å².